The van der Waals surface area contributed by atoms with Gasteiger partial charge in [0.15, 0.2) is 0 Å². The zero-order chi connectivity index (χ0) is 19.8. The number of hydrogen-bond donors (Lipinski definition) is 0. The highest BCUT2D eigenvalue weighted by molar-refractivity contribution is 7.20. The van der Waals surface area contributed by atoms with Gasteiger partial charge in [-0.15, -0.1) is 11.3 Å². The van der Waals surface area contributed by atoms with Crippen molar-refractivity contribution in [2.45, 2.75) is 58.4 Å². The normalized spacial score (nSPS) is 15.0. The number of aromatic nitrogens is 3. The summed E-state index contributed by atoms with van der Waals surface area (Å²) in [4.78, 5) is 15.6. The maximum atomic E-state index is 12.8. The van der Waals surface area contributed by atoms with Gasteiger partial charge in [0.1, 0.15) is 0 Å². The summed E-state index contributed by atoms with van der Waals surface area (Å²) >= 11 is 1.63. The van der Waals surface area contributed by atoms with Gasteiger partial charge in [-0.25, -0.2) is 0 Å². The molecule has 4 rings (SSSR count). The summed E-state index contributed by atoms with van der Waals surface area (Å²) in [6.07, 6.45) is 11.6. The van der Waals surface area contributed by atoms with Crippen molar-refractivity contribution in [2.75, 3.05) is 13.6 Å². The van der Waals surface area contributed by atoms with Crippen LogP contribution in [0.2, 0.25) is 0 Å². The Balaban J connectivity index is 1.37. The summed E-state index contributed by atoms with van der Waals surface area (Å²) in [6, 6.07) is 2.72. The van der Waals surface area contributed by atoms with Crippen LogP contribution in [0, 0.1) is 13.8 Å². The minimum Gasteiger partial charge on any atom is -0.349 e. The molecule has 0 N–H and O–H groups in total. The summed E-state index contributed by atoms with van der Waals surface area (Å²) in [7, 11) is 3.90. The second kappa shape index (κ2) is 7.74. The molecule has 6 heteroatoms. The molecule has 0 saturated heterocycles. The van der Waals surface area contributed by atoms with Gasteiger partial charge >= 0.3 is 0 Å². The van der Waals surface area contributed by atoms with E-state index in [-0.39, 0.29) is 5.91 Å². The van der Waals surface area contributed by atoms with Crippen LogP contribution in [0.25, 0.3) is 10.1 Å². The van der Waals surface area contributed by atoms with Crippen LogP contribution in [0.4, 0.5) is 0 Å². The number of fused-ring (bicyclic) bond motifs is 1. The Labute approximate surface area is 170 Å². The Morgan fingerprint density at radius 3 is 2.68 bits per heavy atom. The number of aryl methyl sites for hydroxylation is 2. The summed E-state index contributed by atoms with van der Waals surface area (Å²) in [5, 5.41) is 5.68. The summed E-state index contributed by atoms with van der Waals surface area (Å²) in [5.74, 6) is 0.133. The highest BCUT2D eigenvalue weighted by Gasteiger charge is 2.20. The average molecular weight is 399 g/mol. The quantitative estimate of drug-likeness (QED) is 0.594. The molecule has 1 aliphatic rings. The van der Waals surface area contributed by atoms with Crippen LogP contribution in [-0.4, -0.2) is 38.7 Å². The van der Waals surface area contributed by atoms with Crippen molar-refractivity contribution < 1.29 is 4.79 Å². The van der Waals surface area contributed by atoms with Crippen LogP contribution in [0.15, 0.2) is 18.5 Å². The summed E-state index contributed by atoms with van der Waals surface area (Å²) in [5.41, 5.74) is 3.63. The second-order valence-corrected chi connectivity index (χ2v) is 9.26. The molecule has 150 valence electrons. The third-order valence-corrected chi connectivity index (χ3v) is 7.30. The van der Waals surface area contributed by atoms with Crippen LogP contribution >= 0.6 is 11.3 Å². The molecule has 0 bridgehead atoms. The maximum absolute atomic E-state index is 12.8. The van der Waals surface area contributed by atoms with Crippen LogP contribution in [0.3, 0.4) is 0 Å². The zero-order valence-electron chi connectivity index (χ0n) is 17.4. The molecule has 1 fully saturated rings. The molecule has 0 aromatic carbocycles. The van der Waals surface area contributed by atoms with Crippen LogP contribution in [-0.2, 0) is 13.5 Å². The van der Waals surface area contributed by atoms with Gasteiger partial charge < -0.3 is 9.47 Å². The number of hydrogen-bond acceptors (Lipinski definition) is 3. The SMILES string of the molecule is Cc1nn(C)c(C)c1CCCN(C)C(=O)c1cc2cn(C3CCCC3)cc2s1. The standard InChI is InChI=1S/C22H30N4OS/c1-15-19(16(2)25(4)23-15)10-7-11-24(3)22(27)20-12-17-13-26(14-21(17)28-20)18-8-5-6-9-18/h12-14,18H,5-11H2,1-4H3. The molecule has 1 amide bonds. The number of rotatable bonds is 6. The number of carbonyl (C=O) groups is 1. The molecule has 0 atom stereocenters. The fraction of sp³-hybridized carbons (Fsp3) is 0.545. The largest absolute Gasteiger partial charge is 0.349 e. The lowest BCUT2D eigenvalue weighted by Crippen LogP contribution is -2.27. The van der Waals surface area contributed by atoms with E-state index >= 15 is 0 Å². The Hall–Kier alpha value is -2.08. The van der Waals surface area contributed by atoms with E-state index in [2.05, 4.69) is 42.0 Å². The van der Waals surface area contributed by atoms with Gasteiger partial charge in [0.05, 0.1) is 15.3 Å². The third kappa shape index (κ3) is 3.62. The van der Waals surface area contributed by atoms with Gasteiger partial charge in [-0.3, -0.25) is 9.48 Å². The number of carbonyl (C=O) groups excluding carboxylic acids is 1. The molecule has 0 radical (unpaired) electrons. The predicted octanol–water partition coefficient (Wildman–Crippen LogP) is 4.87. The Morgan fingerprint density at radius 1 is 1.29 bits per heavy atom. The molecule has 3 heterocycles. The minimum atomic E-state index is 0.133. The Morgan fingerprint density at radius 2 is 2.04 bits per heavy atom. The van der Waals surface area contributed by atoms with Crippen molar-refractivity contribution in [1.29, 1.82) is 0 Å². The minimum absolute atomic E-state index is 0.133. The summed E-state index contributed by atoms with van der Waals surface area (Å²) < 4.78 is 5.53. The molecule has 3 aromatic heterocycles. The van der Waals surface area contributed by atoms with E-state index in [1.165, 1.54) is 47.0 Å². The molecule has 5 nitrogen and oxygen atoms in total. The fourth-order valence-electron chi connectivity index (χ4n) is 4.43. The van der Waals surface area contributed by atoms with Gasteiger partial charge in [0.2, 0.25) is 0 Å². The van der Waals surface area contributed by atoms with Crippen LogP contribution < -0.4 is 0 Å². The van der Waals surface area contributed by atoms with Gasteiger partial charge in [-0.2, -0.15) is 5.10 Å². The van der Waals surface area contributed by atoms with E-state index in [1.807, 2.05) is 23.7 Å². The first-order valence-corrected chi connectivity index (χ1v) is 11.1. The van der Waals surface area contributed by atoms with Gasteiger partial charge in [-0.05, 0) is 51.2 Å². The van der Waals surface area contributed by atoms with Crippen molar-refractivity contribution in [3.63, 3.8) is 0 Å². The molecular weight excluding hydrogens is 368 g/mol. The van der Waals surface area contributed by atoms with Crippen molar-refractivity contribution in [3.8, 4) is 0 Å². The predicted molar refractivity (Wildman–Crippen MR) is 115 cm³/mol. The van der Waals surface area contributed by atoms with Crippen molar-refractivity contribution >= 4 is 27.3 Å². The fourth-order valence-corrected chi connectivity index (χ4v) is 5.50. The molecule has 1 aliphatic carbocycles. The lowest BCUT2D eigenvalue weighted by molar-refractivity contribution is 0.0798. The molecule has 3 aromatic rings. The van der Waals surface area contributed by atoms with E-state index in [0.29, 0.717) is 6.04 Å². The molecule has 0 spiro atoms. The Kier molecular flexibility index (Phi) is 5.32. The molecule has 0 unspecified atom stereocenters. The lowest BCUT2D eigenvalue weighted by atomic mass is 10.1. The van der Waals surface area contributed by atoms with E-state index in [1.54, 1.807) is 11.3 Å². The molecular formula is C22H30N4OS. The topological polar surface area (TPSA) is 43.1 Å². The molecule has 0 aliphatic heterocycles. The highest BCUT2D eigenvalue weighted by Crippen LogP contribution is 2.34. The first-order valence-electron chi connectivity index (χ1n) is 10.3. The first kappa shape index (κ1) is 19.2. The average Bonchev–Trinajstić information content (AvgIpc) is 3.41. The van der Waals surface area contributed by atoms with Gasteiger partial charge in [0, 0.05) is 50.2 Å². The lowest BCUT2D eigenvalue weighted by Gasteiger charge is -2.16. The van der Waals surface area contributed by atoms with Gasteiger partial charge in [-0.1, -0.05) is 12.8 Å². The van der Waals surface area contributed by atoms with E-state index in [4.69, 9.17) is 0 Å². The third-order valence-electron chi connectivity index (χ3n) is 6.23. The maximum Gasteiger partial charge on any atom is 0.263 e. The first-order chi connectivity index (χ1) is 13.4. The van der Waals surface area contributed by atoms with Crippen LogP contribution in [0.1, 0.15) is 64.8 Å². The second-order valence-electron chi connectivity index (χ2n) is 8.18. The van der Waals surface area contributed by atoms with E-state index in [0.717, 1.165) is 30.0 Å². The van der Waals surface area contributed by atoms with E-state index in [9.17, 15) is 4.79 Å². The van der Waals surface area contributed by atoms with Crippen molar-refractivity contribution in [3.05, 3.63) is 40.3 Å². The number of thiophene rings is 1. The zero-order valence-corrected chi connectivity index (χ0v) is 18.2. The Bertz CT molecular complexity index is 958. The van der Waals surface area contributed by atoms with Crippen LogP contribution in [0.5, 0.6) is 0 Å². The highest BCUT2D eigenvalue weighted by atomic mass is 32.1. The van der Waals surface area contributed by atoms with Crippen molar-refractivity contribution in [2.24, 2.45) is 7.05 Å². The summed E-state index contributed by atoms with van der Waals surface area (Å²) in [6.45, 7) is 4.93. The van der Waals surface area contributed by atoms with E-state index < -0.39 is 0 Å². The number of nitrogens with zero attached hydrogens (tertiary/aromatic N) is 4. The molecule has 28 heavy (non-hydrogen) atoms. The monoisotopic (exact) mass is 398 g/mol. The smallest absolute Gasteiger partial charge is 0.263 e. The van der Waals surface area contributed by atoms with Gasteiger partial charge in [0.25, 0.3) is 5.91 Å². The van der Waals surface area contributed by atoms with Crippen molar-refractivity contribution in [1.82, 2.24) is 19.2 Å². The molecule has 1 saturated carbocycles. The number of amides is 1.